The van der Waals surface area contributed by atoms with Crippen LogP contribution in [-0.2, 0) is 0 Å². The monoisotopic (exact) mass is 456 g/mol. The molecule has 1 nitrogen and oxygen atoms in total. The van der Waals surface area contributed by atoms with E-state index in [0.717, 1.165) is 5.56 Å². The van der Waals surface area contributed by atoms with Gasteiger partial charge < -0.3 is 4.79 Å². The molecule has 0 unspecified atom stereocenters. The van der Waals surface area contributed by atoms with Gasteiger partial charge in [0.25, 0.3) is 0 Å². The Labute approximate surface area is 142 Å². The van der Waals surface area contributed by atoms with Gasteiger partial charge >= 0.3 is 0 Å². The molecule has 0 bridgehead atoms. The zero-order chi connectivity index (χ0) is 11.5. The van der Waals surface area contributed by atoms with Crippen LogP contribution in [0, 0.1) is 57.1 Å². The van der Waals surface area contributed by atoms with Gasteiger partial charge in [0.1, 0.15) is 5.78 Å². The van der Waals surface area contributed by atoms with Crippen LogP contribution in [0.4, 0.5) is 0 Å². The summed E-state index contributed by atoms with van der Waals surface area (Å²) in [7, 11) is 0. The average molecular weight is 457 g/mol. The fourth-order valence-corrected chi connectivity index (χ4v) is 1.54. The third-order valence-electron chi connectivity index (χ3n) is 2.34. The minimum absolute atomic E-state index is 0. The number of rotatable bonds is 2. The first kappa shape index (κ1) is 14.9. The van der Waals surface area contributed by atoms with Crippen molar-refractivity contribution < 1.29 is 48.9 Å². The third-order valence-corrected chi connectivity index (χ3v) is 2.59. The quantitative estimate of drug-likeness (QED) is 0.498. The molecule has 0 spiro atoms. The Bertz CT molecular complexity index is 455. The van der Waals surface area contributed by atoms with Crippen LogP contribution in [0.2, 0.25) is 5.02 Å². The summed E-state index contributed by atoms with van der Waals surface area (Å²) in [5.74, 6) is -0.00656. The van der Waals surface area contributed by atoms with E-state index in [-0.39, 0.29) is 49.8 Å². The van der Waals surface area contributed by atoms with Crippen LogP contribution in [-0.4, -0.2) is 5.78 Å². The molecule has 3 heteroatoms. The predicted molar refractivity (Wildman–Crippen MR) is 64.9 cm³/mol. The topological polar surface area (TPSA) is 17.1 Å². The molecule has 0 fully saturated rings. The van der Waals surface area contributed by atoms with Crippen LogP contribution >= 0.6 is 11.6 Å². The van der Waals surface area contributed by atoms with Gasteiger partial charge in [0.15, 0.2) is 0 Å². The second kappa shape index (κ2) is 6.69. The summed E-state index contributed by atoms with van der Waals surface area (Å²) in [4.78, 5) is 12.0. The molecule has 0 aliphatic rings. The van der Waals surface area contributed by atoms with E-state index < -0.39 is 0 Å². The molecule has 0 saturated carbocycles. The molecular formula is C14H10AcClO-. The van der Waals surface area contributed by atoms with Crippen LogP contribution in [0.3, 0.4) is 0 Å². The molecule has 0 aliphatic heterocycles. The molecule has 0 atom stereocenters. The minimum atomic E-state index is -0.00656. The molecule has 2 aromatic carbocycles. The summed E-state index contributed by atoms with van der Waals surface area (Å²) in [5.41, 5.74) is 2.31. The third kappa shape index (κ3) is 3.92. The summed E-state index contributed by atoms with van der Waals surface area (Å²) < 4.78 is 0. The van der Waals surface area contributed by atoms with Crippen LogP contribution in [0.25, 0.3) is 0 Å². The van der Waals surface area contributed by atoms with Crippen molar-refractivity contribution in [3.8, 4) is 0 Å². The average Bonchev–Trinajstić information content (AvgIpc) is 2.30. The van der Waals surface area contributed by atoms with Crippen molar-refractivity contribution in [3.63, 3.8) is 0 Å². The number of carbonyl (C=O) groups is 1. The van der Waals surface area contributed by atoms with Crippen LogP contribution in [0.5, 0.6) is 0 Å². The molecule has 1 radical (unpaired) electrons. The van der Waals surface area contributed by atoms with E-state index in [1.54, 1.807) is 30.3 Å². The molecular weight excluding hydrogens is 447 g/mol. The minimum Gasteiger partial charge on any atom is -0.303 e. The Balaban J connectivity index is 0.00000144. The maximum absolute atomic E-state index is 12.0. The van der Waals surface area contributed by atoms with E-state index >= 15 is 0 Å². The van der Waals surface area contributed by atoms with Crippen LogP contribution < -0.4 is 0 Å². The summed E-state index contributed by atoms with van der Waals surface area (Å²) >= 11 is 5.77. The van der Waals surface area contributed by atoms with Gasteiger partial charge in [0, 0.05) is 54.6 Å². The van der Waals surface area contributed by atoms with Gasteiger partial charge in [-0.05, 0) is 12.1 Å². The fourth-order valence-electron chi connectivity index (χ4n) is 1.41. The summed E-state index contributed by atoms with van der Waals surface area (Å²) in [6.45, 7) is 1.94. The molecule has 0 heterocycles. The van der Waals surface area contributed by atoms with Crippen molar-refractivity contribution in [1.29, 1.82) is 0 Å². The molecule has 83 valence electrons. The maximum atomic E-state index is 12.0. The second-order valence-corrected chi connectivity index (χ2v) is 4.03. The Kier molecular flexibility index (Phi) is 5.86. The molecule has 0 aromatic heterocycles. The standard InChI is InChI=1S/C14H10ClO.Ac/c1-10-2-4-11(5-3-10)14(16)12-6-8-13(15)9-7-12;/h2,4-9H,1H3;/q-1;. The van der Waals surface area contributed by atoms with Gasteiger partial charge in [-0.25, -0.2) is 0 Å². The van der Waals surface area contributed by atoms with Gasteiger partial charge in [-0.2, -0.15) is 29.8 Å². The normalized spacial score (nSPS) is 9.53. The Hall–Kier alpha value is -0.158. The van der Waals surface area contributed by atoms with Gasteiger partial charge in [-0.15, -0.1) is 0 Å². The first-order chi connectivity index (χ1) is 7.66. The maximum Gasteiger partial charge on any atom is 0.138 e. The largest absolute Gasteiger partial charge is 0.303 e. The zero-order valence-electron chi connectivity index (χ0n) is 9.41. The van der Waals surface area contributed by atoms with Crippen molar-refractivity contribution >= 4 is 17.4 Å². The summed E-state index contributed by atoms with van der Waals surface area (Å²) in [5, 5.41) is 0.631. The number of aryl methyl sites for hydroxylation is 1. The van der Waals surface area contributed by atoms with E-state index in [1.807, 2.05) is 19.1 Å². The van der Waals surface area contributed by atoms with E-state index in [2.05, 4.69) is 6.07 Å². The molecule has 2 rings (SSSR count). The first-order valence-corrected chi connectivity index (χ1v) is 5.33. The smallest absolute Gasteiger partial charge is 0.138 e. The zero-order valence-corrected chi connectivity index (χ0v) is 14.9. The molecule has 17 heavy (non-hydrogen) atoms. The number of hydrogen-bond acceptors (Lipinski definition) is 1. The van der Waals surface area contributed by atoms with Gasteiger partial charge in [-0.1, -0.05) is 36.2 Å². The van der Waals surface area contributed by atoms with Gasteiger partial charge in [-0.3, -0.25) is 0 Å². The second-order valence-electron chi connectivity index (χ2n) is 3.60. The molecule has 0 aliphatic carbocycles. The number of carbonyl (C=O) groups excluding carboxylic acids is 1. The van der Waals surface area contributed by atoms with E-state index in [9.17, 15) is 4.79 Å². The van der Waals surface area contributed by atoms with Crippen molar-refractivity contribution in [3.05, 3.63) is 70.2 Å². The van der Waals surface area contributed by atoms with Gasteiger partial charge in [0.05, 0.1) is 0 Å². The van der Waals surface area contributed by atoms with E-state index in [4.69, 9.17) is 11.6 Å². The Morgan fingerprint density at radius 3 is 2.18 bits per heavy atom. The van der Waals surface area contributed by atoms with Crippen molar-refractivity contribution in [2.45, 2.75) is 6.92 Å². The van der Waals surface area contributed by atoms with E-state index in [1.165, 1.54) is 0 Å². The Morgan fingerprint density at radius 1 is 1.06 bits per heavy atom. The predicted octanol–water partition coefficient (Wildman–Crippen LogP) is 3.68. The number of ketones is 1. The number of benzene rings is 2. The van der Waals surface area contributed by atoms with Gasteiger partial charge in [0.2, 0.25) is 0 Å². The SMILES string of the molecule is Cc1[c-]cc(C(=O)c2ccc(Cl)cc2)cc1.[Ac]. The number of hydrogen-bond donors (Lipinski definition) is 0. The fraction of sp³-hybridized carbons (Fsp3) is 0.0714. The number of halogens is 1. The molecule has 0 amide bonds. The molecule has 2 aromatic rings. The van der Waals surface area contributed by atoms with Crippen molar-refractivity contribution in [1.82, 2.24) is 0 Å². The molecule has 0 N–H and O–H groups in total. The summed E-state index contributed by atoms with van der Waals surface area (Å²) in [6.07, 6.45) is 0. The van der Waals surface area contributed by atoms with Crippen LogP contribution in [0.1, 0.15) is 21.5 Å². The molecule has 0 saturated heterocycles. The van der Waals surface area contributed by atoms with Crippen molar-refractivity contribution in [2.24, 2.45) is 0 Å². The van der Waals surface area contributed by atoms with Crippen molar-refractivity contribution in [2.75, 3.05) is 0 Å². The summed E-state index contributed by atoms with van der Waals surface area (Å²) in [6, 6.07) is 15.3. The Morgan fingerprint density at radius 2 is 1.65 bits per heavy atom. The van der Waals surface area contributed by atoms with Crippen LogP contribution in [0.15, 0.2) is 42.5 Å². The van der Waals surface area contributed by atoms with E-state index in [0.29, 0.717) is 16.1 Å². The first-order valence-electron chi connectivity index (χ1n) is 4.95.